The van der Waals surface area contributed by atoms with Gasteiger partial charge < -0.3 is 25.7 Å². The van der Waals surface area contributed by atoms with Crippen LogP contribution in [-0.2, 0) is 34.2 Å². The van der Waals surface area contributed by atoms with Crippen LogP contribution in [0.5, 0.6) is 0 Å². The maximum absolute atomic E-state index is 14.7. The van der Waals surface area contributed by atoms with Gasteiger partial charge in [0.15, 0.2) is 5.60 Å². The smallest absolute Gasteiger partial charge is 0.289 e. The molecular weight excluding hydrogens is 646 g/mol. The molecule has 272 valence electrons. The van der Waals surface area contributed by atoms with Crippen molar-refractivity contribution in [1.82, 2.24) is 20.9 Å². The summed E-state index contributed by atoms with van der Waals surface area (Å²) in [5, 5.41) is 13.1. The van der Waals surface area contributed by atoms with Gasteiger partial charge >= 0.3 is 0 Å². The zero-order chi connectivity index (χ0) is 36.7. The van der Waals surface area contributed by atoms with Crippen LogP contribution >= 0.6 is 0 Å². The first kappa shape index (κ1) is 36.3. The highest BCUT2D eigenvalue weighted by atomic mass is 16.7. The highest BCUT2D eigenvalue weighted by molar-refractivity contribution is 6.38. The van der Waals surface area contributed by atoms with Gasteiger partial charge in [-0.1, -0.05) is 106 Å². The van der Waals surface area contributed by atoms with E-state index in [-0.39, 0.29) is 42.7 Å². The van der Waals surface area contributed by atoms with Gasteiger partial charge in [-0.3, -0.25) is 24.0 Å². The lowest BCUT2D eigenvalue weighted by molar-refractivity contribution is -0.145. The first-order chi connectivity index (χ1) is 24.1. The summed E-state index contributed by atoms with van der Waals surface area (Å²) in [6, 6.07) is 14.8. The standard InChI is InChI=1S/C40H51N5O6/c1-7-12-29(32(46)36(49)41-27-17-18-27)42-35(48)31-22-40(21-30(44-51-40)25-14-11-13-24(2)19-25)23-45(31)37(50)33(38(3,4)5)43-34(47)28-20-39(28,6)26-15-9-8-10-16-26/h8-11,13-16,19,27-29,31,33H,7,12,17-18,20-23H2,1-6H3,(H,41,49)(H,42,48)(H,43,47)/t28-,29-,31-,33+,39-,40+/m0/s1. The van der Waals surface area contributed by atoms with Crippen LogP contribution in [0.1, 0.15) is 96.3 Å². The fraction of sp³-hybridized carbons (Fsp3) is 0.550. The summed E-state index contributed by atoms with van der Waals surface area (Å²) < 4.78 is 0. The van der Waals surface area contributed by atoms with Gasteiger partial charge in [-0.05, 0) is 49.1 Å². The third-order valence-electron chi connectivity index (χ3n) is 10.9. The maximum atomic E-state index is 14.7. The minimum Gasteiger partial charge on any atom is -0.387 e. The van der Waals surface area contributed by atoms with Crippen LogP contribution in [-0.4, -0.2) is 76.3 Å². The lowest BCUT2D eigenvalue weighted by atomic mass is 9.85. The lowest BCUT2D eigenvalue weighted by Crippen LogP contribution is -2.59. The lowest BCUT2D eigenvalue weighted by Gasteiger charge is -2.36. The summed E-state index contributed by atoms with van der Waals surface area (Å²) in [7, 11) is 0. The molecule has 2 heterocycles. The largest absolute Gasteiger partial charge is 0.387 e. The molecule has 1 spiro atoms. The van der Waals surface area contributed by atoms with Crippen LogP contribution in [0.3, 0.4) is 0 Å². The molecule has 3 fully saturated rings. The Labute approximate surface area is 300 Å². The van der Waals surface area contributed by atoms with Crippen molar-refractivity contribution in [2.45, 2.75) is 122 Å². The number of Topliss-reactive ketones (excluding diaryl/α,β-unsaturated/α-hetero) is 1. The molecule has 2 aromatic carbocycles. The molecule has 2 aliphatic carbocycles. The van der Waals surface area contributed by atoms with Crippen molar-refractivity contribution < 1.29 is 28.8 Å². The topological polar surface area (TPSA) is 146 Å². The Balaban J connectivity index is 1.25. The Morgan fingerprint density at radius 3 is 2.35 bits per heavy atom. The van der Waals surface area contributed by atoms with E-state index in [1.807, 2.05) is 89.2 Å². The third kappa shape index (κ3) is 7.72. The number of aryl methyl sites for hydroxylation is 1. The molecule has 51 heavy (non-hydrogen) atoms. The van der Waals surface area contributed by atoms with E-state index in [9.17, 15) is 24.0 Å². The molecule has 11 nitrogen and oxygen atoms in total. The summed E-state index contributed by atoms with van der Waals surface area (Å²) in [6.07, 6.45) is 3.65. The minimum absolute atomic E-state index is 0.00455. The number of likely N-dealkylation sites (tertiary alicyclic amines) is 1. The minimum atomic E-state index is -1.04. The molecule has 3 N–H and O–H groups in total. The molecule has 1 saturated heterocycles. The van der Waals surface area contributed by atoms with Crippen molar-refractivity contribution in [3.63, 3.8) is 0 Å². The molecule has 4 amide bonds. The predicted molar refractivity (Wildman–Crippen MR) is 193 cm³/mol. The van der Waals surface area contributed by atoms with Gasteiger partial charge in [0.25, 0.3) is 5.91 Å². The second kappa shape index (κ2) is 13.9. The molecule has 0 unspecified atom stereocenters. The zero-order valence-electron chi connectivity index (χ0n) is 30.6. The van der Waals surface area contributed by atoms with E-state index in [0.717, 1.165) is 35.2 Å². The van der Waals surface area contributed by atoms with Crippen molar-refractivity contribution in [3.8, 4) is 0 Å². The van der Waals surface area contributed by atoms with Gasteiger partial charge in [0, 0.05) is 30.2 Å². The summed E-state index contributed by atoms with van der Waals surface area (Å²) in [5.74, 6) is -2.87. The van der Waals surface area contributed by atoms with Gasteiger partial charge in [-0.2, -0.15) is 0 Å². The molecule has 6 rings (SSSR count). The number of amides is 4. The summed E-state index contributed by atoms with van der Waals surface area (Å²) >= 11 is 0. The van der Waals surface area contributed by atoms with Gasteiger partial charge in [-0.15, -0.1) is 0 Å². The summed E-state index contributed by atoms with van der Waals surface area (Å²) in [5.41, 5.74) is 1.74. The van der Waals surface area contributed by atoms with Crippen molar-refractivity contribution in [3.05, 3.63) is 71.3 Å². The van der Waals surface area contributed by atoms with Gasteiger partial charge in [-0.25, -0.2) is 0 Å². The van der Waals surface area contributed by atoms with Crippen molar-refractivity contribution in [2.24, 2.45) is 16.5 Å². The number of hydrogen-bond acceptors (Lipinski definition) is 7. The summed E-state index contributed by atoms with van der Waals surface area (Å²) in [6.45, 7) is 11.7. The van der Waals surface area contributed by atoms with Gasteiger partial charge in [0.1, 0.15) is 12.1 Å². The molecule has 0 radical (unpaired) electrons. The normalized spacial score (nSPS) is 26.5. The average molecular weight is 698 g/mol. The van der Waals surface area contributed by atoms with Crippen LogP contribution < -0.4 is 16.0 Å². The Bertz CT molecular complexity index is 1730. The first-order valence-corrected chi connectivity index (χ1v) is 18.3. The van der Waals surface area contributed by atoms with E-state index in [0.29, 0.717) is 19.3 Å². The van der Waals surface area contributed by atoms with E-state index < -0.39 is 52.6 Å². The van der Waals surface area contributed by atoms with Crippen LogP contribution in [0.4, 0.5) is 0 Å². The van der Waals surface area contributed by atoms with Crippen LogP contribution in [0.25, 0.3) is 0 Å². The monoisotopic (exact) mass is 697 g/mol. The zero-order valence-corrected chi connectivity index (χ0v) is 30.6. The number of nitrogens with zero attached hydrogens (tertiary/aromatic N) is 2. The highest BCUT2D eigenvalue weighted by Gasteiger charge is 2.58. The summed E-state index contributed by atoms with van der Waals surface area (Å²) in [4.78, 5) is 76.4. The number of carbonyl (C=O) groups is 5. The van der Waals surface area contributed by atoms with E-state index in [1.54, 1.807) is 0 Å². The van der Waals surface area contributed by atoms with E-state index in [1.165, 1.54) is 4.90 Å². The molecule has 2 aliphatic heterocycles. The number of oxime groups is 1. The van der Waals surface area contributed by atoms with Crippen LogP contribution in [0, 0.1) is 18.3 Å². The molecule has 4 aliphatic rings. The Kier molecular flexibility index (Phi) is 9.87. The molecule has 0 bridgehead atoms. The van der Waals surface area contributed by atoms with E-state index in [4.69, 9.17) is 4.84 Å². The maximum Gasteiger partial charge on any atom is 0.289 e. The first-order valence-electron chi connectivity index (χ1n) is 18.3. The Morgan fingerprint density at radius 2 is 1.71 bits per heavy atom. The second-order valence-corrected chi connectivity index (χ2v) is 16.4. The number of rotatable bonds is 12. The predicted octanol–water partition coefficient (Wildman–Crippen LogP) is 4.10. The number of benzene rings is 2. The molecule has 0 aromatic heterocycles. The number of carbonyl (C=O) groups excluding carboxylic acids is 5. The van der Waals surface area contributed by atoms with Crippen molar-refractivity contribution in [2.75, 3.05) is 6.54 Å². The molecular formula is C40H51N5O6. The molecule has 11 heteroatoms. The molecule has 2 saturated carbocycles. The Morgan fingerprint density at radius 1 is 0.980 bits per heavy atom. The number of hydrogen-bond donors (Lipinski definition) is 3. The molecule has 2 aromatic rings. The van der Waals surface area contributed by atoms with Crippen LogP contribution in [0.2, 0.25) is 0 Å². The highest BCUT2D eigenvalue weighted by Crippen LogP contribution is 2.54. The number of nitrogens with one attached hydrogen (secondary N) is 3. The van der Waals surface area contributed by atoms with Crippen LogP contribution in [0.15, 0.2) is 59.8 Å². The van der Waals surface area contributed by atoms with Gasteiger partial charge in [0.2, 0.25) is 23.5 Å². The quantitative estimate of drug-likeness (QED) is 0.285. The fourth-order valence-corrected chi connectivity index (χ4v) is 7.52. The SMILES string of the molecule is CCC[C@H](NC(=O)[C@@H]1C[C@]2(CC(c3cccc(C)c3)=NO2)CN1C(=O)[C@@H](NC(=O)[C@@H]1C[C@@]1(C)c1ccccc1)C(C)(C)C)C(=O)C(=O)NC1CC1. The molecule has 6 atom stereocenters. The van der Waals surface area contributed by atoms with E-state index in [2.05, 4.69) is 28.0 Å². The van der Waals surface area contributed by atoms with E-state index >= 15 is 0 Å². The van der Waals surface area contributed by atoms with Gasteiger partial charge in [0.05, 0.1) is 18.3 Å². The van der Waals surface area contributed by atoms with Crippen molar-refractivity contribution in [1.29, 1.82) is 0 Å². The second-order valence-electron chi connectivity index (χ2n) is 16.4. The van der Waals surface area contributed by atoms with Crippen molar-refractivity contribution >= 4 is 35.1 Å². The Hall–Kier alpha value is -4.54. The third-order valence-corrected chi connectivity index (χ3v) is 10.9. The number of ketones is 1. The average Bonchev–Trinajstić information content (AvgIpc) is 3.97. The fourth-order valence-electron chi connectivity index (χ4n) is 7.52.